The quantitative estimate of drug-likeness (QED) is 0.135. The van der Waals surface area contributed by atoms with Crippen molar-refractivity contribution < 1.29 is 33.8 Å². The highest BCUT2D eigenvalue weighted by Crippen LogP contribution is 2.32. The van der Waals surface area contributed by atoms with E-state index in [0.29, 0.717) is 17.8 Å². The zero-order chi connectivity index (χ0) is 40.1. The third-order valence-corrected chi connectivity index (χ3v) is 11.5. The molecule has 300 valence electrons. The van der Waals surface area contributed by atoms with Gasteiger partial charge in [-0.05, 0) is 62.6 Å². The molecule has 1 saturated heterocycles. The van der Waals surface area contributed by atoms with Crippen molar-refractivity contribution in [3.63, 3.8) is 0 Å². The van der Waals surface area contributed by atoms with E-state index in [9.17, 15) is 29.1 Å². The first-order valence-corrected chi connectivity index (χ1v) is 20.4. The van der Waals surface area contributed by atoms with E-state index in [1.807, 2.05) is 78.9 Å². The largest absolute Gasteiger partial charge is 0.481 e. The van der Waals surface area contributed by atoms with Gasteiger partial charge in [-0.15, -0.1) is 11.3 Å². The van der Waals surface area contributed by atoms with Crippen LogP contribution in [0, 0.1) is 23.7 Å². The summed E-state index contributed by atoms with van der Waals surface area (Å²) in [6, 6.07) is 7.69. The molecule has 3 rings (SSSR count). The number of ether oxygens (including phenoxy) is 1. The van der Waals surface area contributed by atoms with Crippen molar-refractivity contribution in [3.05, 3.63) is 52.0 Å². The van der Waals surface area contributed by atoms with Crippen LogP contribution in [-0.2, 0) is 30.3 Å². The molecule has 1 fully saturated rings. The van der Waals surface area contributed by atoms with Gasteiger partial charge < -0.3 is 25.4 Å². The fourth-order valence-electron chi connectivity index (χ4n) is 6.98. The van der Waals surface area contributed by atoms with Crippen molar-refractivity contribution in [3.8, 4) is 0 Å². The van der Waals surface area contributed by atoms with Crippen molar-refractivity contribution in [1.82, 2.24) is 25.4 Å². The Hall–Kier alpha value is -3.84. The molecule has 3 amide bonds. The number of carbonyl (C=O) groups is 5. The van der Waals surface area contributed by atoms with Crippen LogP contribution in [0.4, 0.5) is 0 Å². The molecule has 54 heavy (non-hydrogen) atoms. The van der Waals surface area contributed by atoms with E-state index in [2.05, 4.69) is 20.5 Å². The molecule has 0 unspecified atom stereocenters. The summed E-state index contributed by atoms with van der Waals surface area (Å²) >= 11 is 1.20. The van der Waals surface area contributed by atoms with Gasteiger partial charge in [-0.1, -0.05) is 91.6 Å². The minimum atomic E-state index is -0.942. The smallest absolute Gasteiger partial charge is 0.306 e. The predicted octanol–water partition coefficient (Wildman–Crippen LogP) is 6.11. The zero-order valence-corrected chi connectivity index (χ0v) is 34.5. The summed E-state index contributed by atoms with van der Waals surface area (Å²) in [5, 5.41) is 17.7. The second-order valence-electron chi connectivity index (χ2n) is 15.8. The molecule has 7 atom stereocenters. The molecule has 2 heterocycles. The number of carbonyl (C=O) groups excluding carboxylic acids is 4. The van der Waals surface area contributed by atoms with Crippen LogP contribution in [0.2, 0.25) is 0 Å². The Morgan fingerprint density at radius 1 is 1.02 bits per heavy atom. The monoisotopic (exact) mass is 769 g/mol. The van der Waals surface area contributed by atoms with Crippen molar-refractivity contribution >= 4 is 41.0 Å². The number of esters is 1. The van der Waals surface area contributed by atoms with Gasteiger partial charge >= 0.3 is 11.9 Å². The Balaban J connectivity index is 1.87. The Morgan fingerprint density at radius 3 is 2.30 bits per heavy atom. The molecule has 0 bridgehead atoms. The van der Waals surface area contributed by atoms with Crippen molar-refractivity contribution in [2.75, 3.05) is 20.6 Å². The molecule has 3 N–H and O–H groups in total. The molecule has 13 heteroatoms. The van der Waals surface area contributed by atoms with E-state index in [0.717, 1.165) is 31.4 Å². The molecule has 1 aromatic carbocycles. The summed E-state index contributed by atoms with van der Waals surface area (Å²) in [6.45, 7) is 14.3. The van der Waals surface area contributed by atoms with Crippen molar-refractivity contribution in [2.45, 2.75) is 130 Å². The average Bonchev–Trinajstić information content (AvgIpc) is 3.62. The lowest BCUT2D eigenvalue weighted by Crippen LogP contribution is -2.58. The van der Waals surface area contributed by atoms with Crippen molar-refractivity contribution in [2.24, 2.45) is 23.7 Å². The number of aromatic nitrogens is 1. The Morgan fingerprint density at radius 2 is 1.70 bits per heavy atom. The minimum absolute atomic E-state index is 0.0544. The third-order valence-electron chi connectivity index (χ3n) is 10.5. The molecular weight excluding hydrogens is 707 g/mol. The average molecular weight is 770 g/mol. The molecule has 1 aromatic heterocycles. The number of hydrogen-bond donors (Lipinski definition) is 3. The molecule has 0 spiro atoms. The van der Waals surface area contributed by atoms with Crippen LogP contribution < -0.4 is 10.6 Å². The lowest BCUT2D eigenvalue weighted by molar-refractivity contribution is -0.152. The standard InChI is InChI=1S/C41H63N5O7S/c1-10-27(6)36(44-38(49)32-18-14-15-19-45(32)8)40(50)46(9)33(26(4)5)23-34(53-35(47)20-25(2)3)39-43-31(24-54-39)37(48)42-30(21-28(7)41(51)52)22-29-16-12-11-13-17-29/h11-13,16-17,24-28,30,32-34,36H,10,14-15,18-23H2,1-9H3,(H,42,48)(H,44,49)(H,51,52)/t27-,28-,30+,32+,33+,34+,36-/m0/s1. The molecule has 12 nitrogen and oxygen atoms in total. The van der Waals surface area contributed by atoms with E-state index in [4.69, 9.17) is 4.74 Å². The van der Waals surface area contributed by atoms with Gasteiger partial charge in [0, 0.05) is 37.4 Å². The SMILES string of the molecule is CC[C@H](C)[C@H](NC(=O)[C@H]1CCCCN1C)C(=O)N(C)[C@H](C[C@@H](OC(=O)CC(C)C)c1nc(C(=O)N[C@@H](Cc2ccccc2)C[C@H](C)C(=O)O)cs1)C(C)C. The highest BCUT2D eigenvalue weighted by molar-refractivity contribution is 7.09. The molecule has 1 aliphatic rings. The maximum Gasteiger partial charge on any atom is 0.306 e. The van der Waals surface area contributed by atoms with E-state index in [1.165, 1.54) is 11.3 Å². The highest BCUT2D eigenvalue weighted by atomic mass is 32.1. The number of benzene rings is 1. The number of nitrogens with zero attached hydrogens (tertiary/aromatic N) is 3. The first kappa shape index (κ1) is 44.6. The number of thiazole rings is 1. The Labute approximate surface area is 325 Å². The molecule has 2 aromatic rings. The second kappa shape index (κ2) is 21.3. The normalized spacial score (nSPS) is 18.2. The maximum absolute atomic E-state index is 14.3. The van der Waals surface area contributed by atoms with E-state index in [1.54, 1.807) is 24.3 Å². The van der Waals surface area contributed by atoms with Gasteiger partial charge in [0.25, 0.3) is 5.91 Å². The van der Waals surface area contributed by atoms with Crippen molar-refractivity contribution in [1.29, 1.82) is 0 Å². The van der Waals surface area contributed by atoms with E-state index < -0.39 is 48.0 Å². The second-order valence-corrected chi connectivity index (χ2v) is 16.7. The number of piperidine rings is 1. The predicted molar refractivity (Wildman–Crippen MR) is 211 cm³/mol. The minimum Gasteiger partial charge on any atom is -0.481 e. The number of amides is 3. The number of aliphatic carboxylic acids is 1. The highest BCUT2D eigenvalue weighted by Gasteiger charge is 2.37. The van der Waals surface area contributed by atoms with Crippen LogP contribution in [0.15, 0.2) is 35.7 Å². The van der Waals surface area contributed by atoms with Crippen LogP contribution >= 0.6 is 11.3 Å². The summed E-state index contributed by atoms with van der Waals surface area (Å²) < 4.78 is 6.07. The van der Waals surface area contributed by atoms with Gasteiger partial charge in [0.2, 0.25) is 11.8 Å². The van der Waals surface area contributed by atoms with Gasteiger partial charge in [-0.25, -0.2) is 4.98 Å². The molecule has 0 saturated carbocycles. The van der Waals surface area contributed by atoms with Gasteiger partial charge in [-0.3, -0.25) is 28.9 Å². The maximum atomic E-state index is 14.3. The summed E-state index contributed by atoms with van der Waals surface area (Å²) in [5.74, 6) is -2.93. The molecule has 1 aliphatic heterocycles. The number of likely N-dealkylation sites (N-methyl/N-ethyl adjacent to an activating group) is 2. The Bertz CT molecular complexity index is 1530. The summed E-state index contributed by atoms with van der Waals surface area (Å²) in [7, 11) is 3.68. The van der Waals surface area contributed by atoms with E-state index in [-0.39, 0.29) is 60.6 Å². The summed E-state index contributed by atoms with van der Waals surface area (Å²) in [6.07, 6.45) is 3.71. The van der Waals surface area contributed by atoms with Gasteiger partial charge in [0.05, 0.1) is 12.0 Å². The number of rotatable bonds is 20. The van der Waals surface area contributed by atoms with Gasteiger partial charge in [0.1, 0.15) is 16.7 Å². The van der Waals surface area contributed by atoms with Gasteiger partial charge in [0.15, 0.2) is 6.10 Å². The van der Waals surface area contributed by atoms with Crippen LogP contribution in [-0.4, -0.2) is 94.4 Å². The lowest BCUT2D eigenvalue weighted by atomic mass is 9.92. The van der Waals surface area contributed by atoms with Crippen LogP contribution in [0.3, 0.4) is 0 Å². The van der Waals surface area contributed by atoms with Gasteiger partial charge in [-0.2, -0.15) is 0 Å². The number of hydrogen-bond acceptors (Lipinski definition) is 9. The molecular formula is C41H63N5O7S. The zero-order valence-electron chi connectivity index (χ0n) is 33.7. The topological polar surface area (TPSA) is 158 Å². The van der Waals surface area contributed by atoms with Crippen LogP contribution in [0.1, 0.15) is 121 Å². The fourth-order valence-corrected chi connectivity index (χ4v) is 7.82. The molecule has 0 aliphatic carbocycles. The van der Waals surface area contributed by atoms with Crippen LogP contribution in [0.25, 0.3) is 0 Å². The first-order chi connectivity index (χ1) is 25.5. The number of likely N-dealkylation sites (tertiary alicyclic amines) is 1. The van der Waals surface area contributed by atoms with Crippen LogP contribution in [0.5, 0.6) is 0 Å². The number of carboxylic acids is 1. The summed E-state index contributed by atoms with van der Waals surface area (Å²) in [5.41, 5.74) is 1.10. The van der Waals surface area contributed by atoms with E-state index >= 15 is 0 Å². The lowest BCUT2D eigenvalue weighted by Gasteiger charge is -2.38. The molecule has 0 radical (unpaired) electrons. The Kier molecular flexibility index (Phi) is 17.6. The number of nitrogens with one attached hydrogen (secondary N) is 2. The first-order valence-electron chi connectivity index (χ1n) is 19.5. The fraction of sp³-hybridized carbons (Fsp3) is 0.659. The third kappa shape index (κ3) is 13.2. The number of carboxylic acid groups (broad SMARTS) is 1. The summed E-state index contributed by atoms with van der Waals surface area (Å²) in [4.78, 5) is 74.6.